The highest BCUT2D eigenvalue weighted by atomic mass is 19.1. The highest BCUT2D eigenvalue weighted by molar-refractivity contribution is 5.90. The Morgan fingerprint density at radius 2 is 1.95 bits per heavy atom. The van der Waals surface area contributed by atoms with Gasteiger partial charge in [-0.1, -0.05) is 12.1 Å². The summed E-state index contributed by atoms with van der Waals surface area (Å²) in [6.45, 7) is 1.35. The van der Waals surface area contributed by atoms with Gasteiger partial charge < -0.3 is 14.9 Å². The highest BCUT2D eigenvalue weighted by Crippen LogP contribution is 2.25. The second kappa shape index (κ2) is 5.56. The minimum absolute atomic E-state index is 0.128. The number of hydrogen-bond acceptors (Lipinski definition) is 4. The third kappa shape index (κ3) is 2.85. The predicted octanol–water partition coefficient (Wildman–Crippen LogP) is 2.12. The van der Waals surface area contributed by atoms with Crippen molar-refractivity contribution in [3.8, 4) is 11.3 Å². The van der Waals surface area contributed by atoms with Crippen molar-refractivity contribution in [1.82, 2.24) is 0 Å². The predicted molar refractivity (Wildman–Crippen MR) is 68.2 cm³/mol. The zero-order valence-corrected chi connectivity index (χ0v) is 10.6. The fraction of sp³-hybridized carbons (Fsp3) is 0.143. The second-order valence-corrected chi connectivity index (χ2v) is 4.09. The fourth-order valence-corrected chi connectivity index (χ4v) is 1.53. The molecule has 1 atom stereocenters. The molecule has 0 fully saturated rings. The second-order valence-electron chi connectivity index (χ2n) is 4.09. The lowest BCUT2D eigenvalue weighted by Gasteiger charge is -2.07. The van der Waals surface area contributed by atoms with Crippen molar-refractivity contribution in [2.24, 2.45) is 5.73 Å². The Labute approximate surface area is 114 Å². The van der Waals surface area contributed by atoms with E-state index in [1.165, 1.54) is 31.2 Å². The first kappa shape index (κ1) is 13.8. The summed E-state index contributed by atoms with van der Waals surface area (Å²) in [6, 6.07) is 8.79. The molecule has 0 aliphatic heterocycles. The molecule has 0 saturated heterocycles. The molecule has 20 heavy (non-hydrogen) atoms. The third-order valence-corrected chi connectivity index (χ3v) is 2.63. The summed E-state index contributed by atoms with van der Waals surface area (Å²) < 4.78 is 23.6. The van der Waals surface area contributed by atoms with E-state index in [4.69, 9.17) is 14.9 Å². The van der Waals surface area contributed by atoms with Crippen molar-refractivity contribution in [3.63, 3.8) is 0 Å². The first-order valence-corrected chi connectivity index (χ1v) is 5.84. The lowest BCUT2D eigenvalue weighted by molar-refractivity contribution is -0.125. The van der Waals surface area contributed by atoms with E-state index in [0.717, 1.165) is 0 Å². The minimum atomic E-state index is -1.07. The first-order valence-electron chi connectivity index (χ1n) is 5.84. The lowest BCUT2D eigenvalue weighted by atomic mass is 10.1. The molecular formula is C14H12FNO4. The Morgan fingerprint density at radius 3 is 2.60 bits per heavy atom. The molecule has 1 heterocycles. The van der Waals surface area contributed by atoms with Crippen LogP contribution < -0.4 is 5.73 Å². The largest absolute Gasteiger partial charge is 0.449 e. The standard InChI is InChI=1S/C14H12FNO4/c1-8(13(16)17)19-14(18)12-7-6-11(20-12)9-4-2-3-5-10(9)15/h2-8H,1H3,(H2,16,17). The van der Waals surface area contributed by atoms with Crippen molar-refractivity contribution in [3.05, 3.63) is 48.0 Å². The van der Waals surface area contributed by atoms with Crippen LogP contribution in [0.4, 0.5) is 4.39 Å². The maximum atomic E-state index is 13.6. The molecule has 1 unspecified atom stereocenters. The molecular weight excluding hydrogens is 265 g/mol. The van der Waals surface area contributed by atoms with Crippen LogP contribution in [0.25, 0.3) is 11.3 Å². The topological polar surface area (TPSA) is 82.5 Å². The summed E-state index contributed by atoms with van der Waals surface area (Å²) in [5, 5.41) is 0. The zero-order valence-electron chi connectivity index (χ0n) is 10.6. The fourth-order valence-electron chi connectivity index (χ4n) is 1.53. The van der Waals surface area contributed by atoms with E-state index >= 15 is 0 Å². The molecule has 6 heteroatoms. The molecule has 0 saturated carbocycles. The number of ether oxygens (including phenoxy) is 1. The van der Waals surface area contributed by atoms with E-state index in [2.05, 4.69) is 0 Å². The van der Waals surface area contributed by atoms with Crippen molar-refractivity contribution >= 4 is 11.9 Å². The number of nitrogens with two attached hydrogens (primary N) is 1. The van der Waals surface area contributed by atoms with E-state index in [-0.39, 0.29) is 17.1 Å². The summed E-state index contributed by atoms with van der Waals surface area (Å²) in [7, 11) is 0. The molecule has 0 bridgehead atoms. The van der Waals surface area contributed by atoms with E-state index in [9.17, 15) is 14.0 Å². The van der Waals surface area contributed by atoms with Crippen LogP contribution in [0.15, 0.2) is 40.8 Å². The van der Waals surface area contributed by atoms with Crippen LogP contribution in [0.3, 0.4) is 0 Å². The van der Waals surface area contributed by atoms with Gasteiger partial charge in [0.25, 0.3) is 5.91 Å². The maximum absolute atomic E-state index is 13.6. The van der Waals surface area contributed by atoms with Crippen molar-refractivity contribution in [2.75, 3.05) is 0 Å². The maximum Gasteiger partial charge on any atom is 0.375 e. The number of primary amides is 1. The summed E-state index contributed by atoms with van der Waals surface area (Å²) in [5.74, 6) is -2.00. The molecule has 0 aliphatic carbocycles. The molecule has 0 radical (unpaired) electrons. The van der Waals surface area contributed by atoms with Gasteiger partial charge in [-0.3, -0.25) is 4.79 Å². The Bertz CT molecular complexity index is 650. The zero-order chi connectivity index (χ0) is 14.7. The number of esters is 1. The minimum Gasteiger partial charge on any atom is -0.449 e. The molecule has 1 aromatic heterocycles. The Hall–Kier alpha value is -2.63. The quantitative estimate of drug-likeness (QED) is 0.868. The molecule has 2 aromatic rings. The van der Waals surface area contributed by atoms with Gasteiger partial charge in [-0.2, -0.15) is 0 Å². The average Bonchev–Trinajstić information content (AvgIpc) is 2.88. The number of amides is 1. The number of halogens is 1. The summed E-state index contributed by atoms with van der Waals surface area (Å²) in [5.41, 5.74) is 5.21. The molecule has 2 rings (SSSR count). The van der Waals surface area contributed by atoms with Crippen molar-refractivity contribution < 1.29 is 23.1 Å². The van der Waals surface area contributed by atoms with Crippen LogP contribution in [0, 0.1) is 5.82 Å². The van der Waals surface area contributed by atoms with Gasteiger partial charge in [0.1, 0.15) is 11.6 Å². The molecule has 5 nitrogen and oxygen atoms in total. The molecule has 2 N–H and O–H groups in total. The number of benzene rings is 1. The van der Waals surface area contributed by atoms with Gasteiger partial charge in [0.2, 0.25) is 5.76 Å². The molecule has 1 aromatic carbocycles. The van der Waals surface area contributed by atoms with Crippen LogP contribution >= 0.6 is 0 Å². The van der Waals surface area contributed by atoms with Gasteiger partial charge in [0.05, 0.1) is 5.56 Å². The van der Waals surface area contributed by atoms with Gasteiger partial charge in [-0.25, -0.2) is 9.18 Å². The summed E-state index contributed by atoms with van der Waals surface area (Å²) in [4.78, 5) is 22.5. The number of carbonyl (C=O) groups excluding carboxylic acids is 2. The van der Waals surface area contributed by atoms with Gasteiger partial charge in [-0.15, -0.1) is 0 Å². The Morgan fingerprint density at radius 1 is 1.25 bits per heavy atom. The van der Waals surface area contributed by atoms with Gasteiger partial charge >= 0.3 is 5.97 Å². The van der Waals surface area contributed by atoms with Crippen molar-refractivity contribution in [2.45, 2.75) is 13.0 Å². The number of hydrogen-bond donors (Lipinski definition) is 1. The molecule has 0 spiro atoms. The normalized spacial score (nSPS) is 11.9. The van der Waals surface area contributed by atoms with Gasteiger partial charge in [0.15, 0.2) is 6.10 Å². The van der Waals surface area contributed by atoms with Crippen molar-refractivity contribution in [1.29, 1.82) is 0 Å². The van der Waals surface area contributed by atoms with E-state index < -0.39 is 23.8 Å². The monoisotopic (exact) mass is 277 g/mol. The number of rotatable bonds is 4. The lowest BCUT2D eigenvalue weighted by Crippen LogP contribution is -2.30. The van der Waals surface area contributed by atoms with Crippen LogP contribution in [0.5, 0.6) is 0 Å². The van der Waals surface area contributed by atoms with E-state index in [0.29, 0.717) is 0 Å². The van der Waals surface area contributed by atoms with Crippen LogP contribution in [-0.4, -0.2) is 18.0 Å². The Kier molecular flexibility index (Phi) is 3.84. The average molecular weight is 277 g/mol. The molecule has 0 aliphatic rings. The highest BCUT2D eigenvalue weighted by Gasteiger charge is 2.20. The first-order chi connectivity index (χ1) is 9.49. The van der Waals surface area contributed by atoms with Crippen LogP contribution in [0.2, 0.25) is 0 Å². The summed E-state index contributed by atoms with van der Waals surface area (Å²) in [6.07, 6.45) is -1.07. The molecule has 104 valence electrons. The van der Waals surface area contributed by atoms with Gasteiger partial charge in [0, 0.05) is 0 Å². The number of carbonyl (C=O) groups is 2. The van der Waals surface area contributed by atoms with E-state index in [1.54, 1.807) is 12.1 Å². The summed E-state index contributed by atoms with van der Waals surface area (Å²) >= 11 is 0. The van der Waals surface area contributed by atoms with E-state index in [1.807, 2.05) is 0 Å². The third-order valence-electron chi connectivity index (χ3n) is 2.63. The Balaban J connectivity index is 2.19. The SMILES string of the molecule is CC(OC(=O)c1ccc(-c2ccccc2F)o1)C(N)=O. The smallest absolute Gasteiger partial charge is 0.375 e. The molecule has 1 amide bonds. The van der Waals surface area contributed by atoms with Crippen LogP contribution in [-0.2, 0) is 9.53 Å². The van der Waals surface area contributed by atoms with Gasteiger partial charge in [-0.05, 0) is 31.2 Å². The number of furan rings is 1. The van der Waals surface area contributed by atoms with Crippen LogP contribution in [0.1, 0.15) is 17.5 Å².